The standard InChI is InChI=1S/C29H39N3O4/c1-17-23-12-22(29(23,3)4)13-24(17)31-28(35)27-26(18(2)34)25(16-33)36-32(27)15-19-7-5-8-20(11-19)21-9-6-10-30-14-21/h5-11,14,17-18,22-27,33-34H,12-13,15-16H2,1-4H3,(H,31,35)/t17-,18-,22-,23+,24?,25-,26+,27-/m0/s1. The molecule has 0 spiro atoms. The number of rotatable bonds is 7. The molecule has 1 aromatic carbocycles. The first-order valence-corrected chi connectivity index (χ1v) is 13.2. The van der Waals surface area contributed by atoms with Gasteiger partial charge in [-0.25, -0.2) is 0 Å². The van der Waals surface area contributed by atoms with Crippen LogP contribution in [0, 0.1) is 29.1 Å². The molecule has 2 bridgehead atoms. The maximum Gasteiger partial charge on any atom is 0.240 e. The molecule has 7 nitrogen and oxygen atoms in total. The summed E-state index contributed by atoms with van der Waals surface area (Å²) >= 11 is 0. The molecule has 2 heterocycles. The van der Waals surface area contributed by atoms with E-state index < -0.39 is 24.2 Å². The molecule has 7 heteroatoms. The molecule has 0 radical (unpaired) electrons. The number of hydrogen-bond donors (Lipinski definition) is 3. The highest BCUT2D eigenvalue weighted by Gasteiger charge is 2.57. The number of aliphatic hydroxyl groups excluding tert-OH is 2. The Morgan fingerprint density at radius 2 is 2.03 bits per heavy atom. The number of hydroxylamine groups is 2. The Kier molecular flexibility index (Phi) is 6.94. The molecule has 3 aliphatic carbocycles. The minimum absolute atomic E-state index is 0.118. The number of benzene rings is 1. The molecule has 4 fully saturated rings. The van der Waals surface area contributed by atoms with Crippen molar-refractivity contribution in [1.82, 2.24) is 15.4 Å². The number of aromatic nitrogens is 1. The lowest BCUT2D eigenvalue weighted by atomic mass is 9.45. The number of nitrogens with zero attached hydrogens (tertiary/aromatic N) is 2. The maximum atomic E-state index is 13.8. The molecule has 36 heavy (non-hydrogen) atoms. The van der Waals surface area contributed by atoms with Crippen molar-refractivity contribution in [3.63, 3.8) is 0 Å². The van der Waals surface area contributed by atoms with Gasteiger partial charge in [-0.1, -0.05) is 45.0 Å². The molecule has 194 valence electrons. The van der Waals surface area contributed by atoms with Gasteiger partial charge in [0.15, 0.2) is 0 Å². The molecule has 6 rings (SSSR count). The summed E-state index contributed by atoms with van der Waals surface area (Å²) in [5.74, 6) is 0.996. The van der Waals surface area contributed by atoms with Crippen molar-refractivity contribution in [3.8, 4) is 11.1 Å². The molecular weight excluding hydrogens is 454 g/mol. The second-order valence-corrected chi connectivity index (χ2v) is 11.7. The summed E-state index contributed by atoms with van der Waals surface area (Å²) in [6.07, 6.45) is 4.36. The van der Waals surface area contributed by atoms with Crippen LogP contribution in [-0.4, -0.2) is 57.1 Å². The van der Waals surface area contributed by atoms with Gasteiger partial charge in [-0.2, -0.15) is 5.06 Å². The van der Waals surface area contributed by atoms with Gasteiger partial charge in [0.25, 0.3) is 0 Å². The van der Waals surface area contributed by atoms with Gasteiger partial charge < -0.3 is 15.5 Å². The first-order chi connectivity index (χ1) is 17.2. The predicted molar refractivity (Wildman–Crippen MR) is 137 cm³/mol. The average molecular weight is 494 g/mol. The van der Waals surface area contributed by atoms with E-state index in [1.54, 1.807) is 18.2 Å². The van der Waals surface area contributed by atoms with Crippen molar-refractivity contribution >= 4 is 5.91 Å². The van der Waals surface area contributed by atoms with Crippen LogP contribution in [0.3, 0.4) is 0 Å². The van der Waals surface area contributed by atoms with Gasteiger partial charge in [0, 0.05) is 24.4 Å². The van der Waals surface area contributed by atoms with Gasteiger partial charge in [-0.05, 0) is 71.8 Å². The Labute approximate surface area is 213 Å². The van der Waals surface area contributed by atoms with E-state index in [0.29, 0.717) is 29.7 Å². The predicted octanol–water partition coefficient (Wildman–Crippen LogP) is 3.41. The third-order valence-electron chi connectivity index (χ3n) is 9.32. The Morgan fingerprint density at radius 3 is 2.67 bits per heavy atom. The van der Waals surface area contributed by atoms with E-state index in [0.717, 1.165) is 23.1 Å². The fourth-order valence-electron chi connectivity index (χ4n) is 7.05. The number of amides is 1. The molecule has 8 atom stereocenters. The van der Waals surface area contributed by atoms with E-state index >= 15 is 0 Å². The minimum Gasteiger partial charge on any atom is -0.394 e. The van der Waals surface area contributed by atoms with E-state index in [9.17, 15) is 15.0 Å². The highest BCUT2D eigenvalue weighted by atomic mass is 16.7. The summed E-state index contributed by atoms with van der Waals surface area (Å²) in [6.45, 7) is 8.73. The summed E-state index contributed by atoms with van der Waals surface area (Å²) in [4.78, 5) is 24.1. The Balaban J connectivity index is 1.36. The van der Waals surface area contributed by atoms with Crippen LogP contribution in [0.15, 0.2) is 48.8 Å². The quantitative estimate of drug-likeness (QED) is 0.547. The number of aliphatic hydroxyl groups is 2. The topological polar surface area (TPSA) is 94.9 Å². The average Bonchev–Trinajstić information content (AvgIpc) is 3.24. The Morgan fingerprint density at radius 1 is 1.25 bits per heavy atom. The van der Waals surface area contributed by atoms with Gasteiger partial charge in [0.2, 0.25) is 5.91 Å². The smallest absolute Gasteiger partial charge is 0.240 e. The van der Waals surface area contributed by atoms with E-state index in [1.807, 2.05) is 36.5 Å². The summed E-state index contributed by atoms with van der Waals surface area (Å²) in [5.41, 5.74) is 3.36. The van der Waals surface area contributed by atoms with Gasteiger partial charge in [0.05, 0.1) is 19.3 Å². The molecule has 3 N–H and O–H groups in total. The third kappa shape index (κ3) is 4.47. The first-order valence-electron chi connectivity index (χ1n) is 13.2. The number of hydrogen-bond acceptors (Lipinski definition) is 6. The van der Waals surface area contributed by atoms with Crippen LogP contribution in [0.2, 0.25) is 0 Å². The van der Waals surface area contributed by atoms with Crippen molar-refractivity contribution in [1.29, 1.82) is 0 Å². The summed E-state index contributed by atoms with van der Waals surface area (Å²) in [6, 6.07) is 11.4. The van der Waals surface area contributed by atoms with Crippen LogP contribution in [-0.2, 0) is 16.2 Å². The summed E-state index contributed by atoms with van der Waals surface area (Å²) in [5, 5.41) is 25.6. The minimum atomic E-state index is -0.805. The zero-order valence-electron chi connectivity index (χ0n) is 21.7. The summed E-state index contributed by atoms with van der Waals surface area (Å²) < 4.78 is 0. The van der Waals surface area contributed by atoms with Gasteiger partial charge in [0.1, 0.15) is 12.1 Å². The van der Waals surface area contributed by atoms with Crippen molar-refractivity contribution in [3.05, 3.63) is 54.4 Å². The maximum absolute atomic E-state index is 13.8. The normalized spacial score (nSPS) is 34.1. The van der Waals surface area contributed by atoms with Gasteiger partial charge >= 0.3 is 0 Å². The second-order valence-electron chi connectivity index (χ2n) is 11.7. The second kappa shape index (κ2) is 9.86. The zero-order chi connectivity index (χ0) is 25.6. The molecule has 1 aromatic heterocycles. The third-order valence-corrected chi connectivity index (χ3v) is 9.32. The molecular formula is C29H39N3O4. The molecule has 1 saturated heterocycles. The molecule has 2 aromatic rings. The fourth-order valence-corrected chi connectivity index (χ4v) is 7.05. The molecule has 1 aliphatic heterocycles. The highest BCUT2D eigenvalue weighted by molar-refractivity contribution is 5.83. The van der Waals surface area contributed by atoms with Crippen LogP contribution in [0.25, 0.3) is 11.1 Å². The molecule has 4 aliphatic rings. The lowest BCUT2D eigenvalue weighted by Crippen LogP contribution is -2.62. The number of carbonyl (C=O) groups excluding carboxylic acids is 1. The van der Waals surface area contributed by atoms with Crippen molar-refractivity contribution in [2.75, 3.05) is 6.61 Å². The van der Waals surface area contributed by atoms with E-state index in [4.69, 9.17) is 4.84 Å². The Hall–Kier alpha value is -2.32. The van der Waals surface area contributed by atoms with Crippen LogP contribution in [0.5, 0.6) is 0 Å². The monoisotopic (exact) mass is 493 g/mol. The van der Waals surface area contributed by atoms with Crippen LogP contribution >= 0.6 is 0 Å². The first kappa shape index (κ1) is 25.3. The number of carbonyl (C=O) groups is 1. The van der Waals surface area contributed by atoms with Crippen LogP contribution < -0.4 is 5.32 Å². The van der Waals surface area contributed by atoms with Crippen molar-refractivity contribution < 1.29 is 19.8 Å². The molecule has 3 saturated carbocycles. The van der Waals surface area contributed by atoms with E-state index in [1.165, 1.54) is 6.42 Å². The number of pyridine rings is 1. The zero-order valence-corrected chi connectivity index (χ0v) is 21.7. The summed E-state index contributed by atoms with van der Waals surface area (Å²) in [7, 11) is 0. The number of nitrogens with one attached hydrogen (secondary N) is 1. The molecule has 1 unspecified atom stereocenters. The SMILES string of the molecule is C[C@H](O)[C@@H]1[C@H](CO)ON(Cc2cccc(-c3cccnc3)c2)[C@@H]1C(=O)NC1C[C@@H]2C[C@H]([C@@H]1C)C2(C)C. The number of fused-ring (bicyclic) bond motifs is 2. The Bertz CT molecular complexity index is 1080. The van der Waals surface area contributed by atoms with E-state index in [2.05, 4.69) is 37.1 Å². The largest absolute Gasteiger partial charge is 0.394 e. The lowest BCUT2D eigenvalue weighted by Gasteiger charge is -2.62. The highest BCUT2D eigenvalue weighted by Crippen LogP contribution is 2.61. The van der Waals surface area contributed by atoms with Crippen LogP contribution in [0.1, 0.15) is 46.1 Å². The lowest BCUT2D eigenvalue weighted by molar-refractivity contribution is -0.183. The van der Waals surface area contributed by atoms with Crippen LogP contribution in [0.4, 0.5) is 0 Å². The van der Waals surface area contributed by atoms with Crippen molar-refractivity contribution in [2.24, 2.45) is 29.1 Å². The van der Waals surface area contributed by atoms with Gasteiger partial charge in [-0.3, -0.25) is 14.6 Å². The fraction of sp³-hybridized carbons (Fsp3) is 0.586. The van der Waals surface area contributed by atoms with E-state index in [-0.39, 0.29) is 18.6 Å². The van der Waals surface area contributed by atoms with Gasteiger partial charge in [-0.15, -0.1) is 0 Å². The molecule has 1 amide bonds. The van der Waals surface area contributed by atoms with Crippen molar-refractivity contribution in [2.45, 2.75) is 71.4 Å².